The maximum absolute atomic E-state index is 12.2. The summed E-state index contributed by atoms with van der Waals surface area (Å²) in [4.78, 5) is 25.0. The molecule has 1 aliphatic heterocycles. The zero-order chi connectivity index (χ0) is 14.1. The summed E-state index contributed by atoms with van der Waals surface area (Å²) < 4.78 is 0. The summed E-state index contributed by atoms with van der Waals surface area (Å²) >= 11 is 0. The van der Waals surface area contributed by atoms with Crippen LogP contribution < -0.4 is 5.32 Å². The smallest absolute Gasteiger partial charge is 0.329 e. The van der Waals surface area contributed by atoms with E-state index in [2.05, 4.69) is 12.2 Å². The molecule has 0 radical (unpaired) electrons. The number of hydrogen-bond donors (Lipinski definition) is 2. The number of aliphatic carboxylic acids is 1. The molecule has 0 spiro atoms. The monoisotopic (exact) mass is 268 g/mol. The number of likely N-dealkylation sites (tertiary alicyclic amines) is 1. The maximum atomic E-state index is 12.2. The van der Waals surface area contributed by atoms with Gasteiger partial charge >= 0.3 is 12.0 Å². The number of hydrogen-bond acceptors (Lipinski definition) is 2. The van der Waals surface area contributed by atoms with Crippen molar-refractivity contribution >= 4 is 12.0 Å². The van der Waals surface area contributed by atoms with Crippen molar-refractivity contribution in [1.82, 2.24) is 10.2 Å². The number of rotatable bonds is 4. The lowest BCUT2D eigenvalue weighted by Gasteiger charge is -2.42. The van der Waals surface area contributed by atoms with E-state index in [0.717, 1.165) is 12.8 Å². The van der Waals surface area contributed by atoms with Gasteiger partial charge in [0.05, 0.1) is 0 Å². The molecule has 0 aromatic carbocycles. The zero-order valence-electron chi connectivity index (χ0n) is 11.9. The summed E-state index contributed by atoms with van der Waals surface area (Å²) in [5.74, 6) is -0.908. The number of nitrogens with one attached hydrogen (secondary N) is 1. The molecular weight excluding hydrogens is 244 g/mol. The first kappa shape index (κ1) is 14.2. The Hall–Kier alpha value is -1.26. The molecule has 1 atom stereocenters. The van der Waals surface area contributed by atoms with Gasteiger partial charge in [0, 0.05) is 13.1 Å². The van der Waals surface area contributed by atoms with Crippen LogP contribution in [0.15, 0.2) is 0 Å². The second-order valence-electron chi connectivity index (χ2n) is 6.20. The minimum atomic E-state index is -1.04. The summed E-state index contributed by atoms with van der Waals surface area (Å²) in [5.41, 5.74) is -0.780. The standard InChI is InChI=1S/C14H24N2O3/c1-3-14(7-4-8-14)10-15-12(19)16-9-5-6-13(16,2)11(17)18/h3-10H2,1-2H3,(H,15,19)(H,17,18). The molecule has 19 heavy (non-hydrogen) atoms. The number of carbonyl (C=O) groups is 2. The largest absolute Gasteiger partial charge is 0.480 e. The van der Waals surface area contributed by atoms with Gasteiger partial charge in [-0.1, -0.05) is 13.3 Å². The molecule has 108 valence electrons. The van der Waals surface area contributed by atoms with Crippen LogP contribution in [0.1, 0.15) is 52.4 Å². The van der Waals surface area contributed by atoms with Crippen molar-refractivity contribution in [2.45, 2.75) is 57.9 Å². The molecule has 0 aromatic rings. The molecule has 0 bridgehead atoms. The van der Waals surface area contributed by atoms with Crippen LogP contribution in [0.5, 0.6) is 0 Å². The van der Waals surface area contributed by atoms with E-state index in [1.54, 1.807) is 6.92 Å². The topological polar surface area (TPSA) is 69.6 Å². The normalized spacial score (nSPS) is 28.8. The summed E-state index contributed by atoms with van der Waals surface area (Å²) in [7, 11) is 0. The Morgan fingerprint density at radius 2 is 1.95 bits per heavy atom. The fraction of sp³-hybridized carbons (Fsp3) is 0.857. The van der Waals surface area contributed by atoms with Gasteiger partial charge in [-0.05, 0) is 44.4 Å². The van der Waals surface area contributed by atoms with Gasteiger partial charge in [-0.15, -0.1) is 0 Å². The number of nitrogens with zero attached hydrogens (tertiary/aromatic N) is 1. The van der Waals surface area contributed by atoms with Gasteiger partial charge < -0.3 is 15.3 Å². The Balaban J connectivity index is 1.94. The van der Waals surface area contributed by atoms with Crippen LogP contribution in [0.25, 0.3) is 0 Å². The molecular formula is C14H24N2O3. The third kappa shape index (κ3) is 2.42. The molecule has 2 N–H and O–H groups in total. The molecule has 2 rings (SSSR count). The average molecular weight is 268 g/mol. The van der Waals surface area contributed by atoms with Gasteiger partial charge in [-0.25, -0.2) is 9.59 Å². The molecule has 2 amide bonds. The van der Waals surface area contributed by atoms with E-state index in [4.69, 9.17) is 0 Å². The van der Waals surface area contributed by atoms with E-state index in [1.165, 1.54) is 24.2 Å². The van der Waals surface area contributed by atoms with Crippen molar-refractivity contribution in [3.8, 4) is 0 Å². The summed E-state index contributed by atoms with van der Waals surface area (Å²) in [6.07, 6.45) is 5.94. The molecule has 1 saturated carbocycles. The lowest BCUT2D eigenvalue weighted by molar-refractivity contribution is -0.147. The Labute approximate surface area is 114 Å². The molecule has 2 fully saturated rings. The van der Waals surface area contributed by atoms with E-state index in [0.29, 0.717) is 19.5 Å². The predicted octanol–water partition coefficient (Wildman–Crippen LogP) is 2.22. The quantitative estimate of drug-likeness (QED) is 0.821. The third-order valence-corrected chi connectivity index (χ3v) is 5.13. The van der Waals surface area contributed by atoms with Crippen molar-refractivity contribution in [3.05, 3.63) is 0 Å². The first-order valence-electron chi connectivity index (χ1n) is 7.22. The third-order valence-electron chi connectivity index (χ3n) is 5.13. The van der Waals surface area contributed by atoms with Crippen LogP contribution in [0.2, 0.25) is 0 Å². The predicted molar refractivity (Wildman–Crippen MR) is 72.0 cm³/mol. The number of carboxylic acid groups (broad SMARTS) is 1. The number of urea groups is 1. The van der Waals surface area contributed by atoms with Gasteiger partial charge in [0.15, 0.2) is 0 Å². The van der Waals surface area contributed by atoms with Crippen LogP contribution in [-0.2, 0) is 4.79 Å². The second kappa shape index (κ2) is 5.02. The number of amides is 2. The molecule has 2 aliphatic rings. The highest BCUT2D eigenvalue weighted by molar-refractivity contribution is 5.86. The fourth-order valence-electron chi connectivity index (χ4n) is 3.20. The van der Waals surface area contributed by atoms with Gasteiger partial charge in [0.1, 0.15) is 5.54 Å². The van der Waals surface area contributed by atoms with E-state index in [-0.39, 0.29) is 11.4 Å². The lowest BCUT2D eigenvalue weighted by atomic mass is 9.67. The molecule has 1 unspecified atom stereocenters. The minimum Gasteiger partial charge on any atom is -0.480 e. The fourth-order valence-corrected chi connectivity index (χ4v) is 3.20. The van der Waals surface area contributed by atoms with E-state index in [1.807, 2.05) is 0 Å². The molecule has 5 heteroatoms. The van der Waals surface area contributed by atoms with Crippen molar-refractivity contribution in [2.24, 2.45) is 5.41 Å². The average Bonchev–Trinajstić information content (AvgIpc) is 2.72. The van der Waals surface area contributed by atoms with Crippen LogP contribution in [0.4, 0.5) is 4.79 Å². The highest BCUT2D eigenvalue weighted by Crippen LogP contribution is 2.43. The van der Waals surface area contributed by atoms with E-state index in [9.17, 15) is 14.7 Å². The summed E-state index contributed by atoms with van der Waals surface area (Å²) in [6, 6.07) is -0.220. The first-order chi connectivity index (χ1) is 8.93. The Bertz CT molecular complexity index is 373. The molecule has 5 nitrogen and oxygen atoms in total. The Kier molecular flexibility index (Phi) is 3.74. The lowest BCUT2D eigenvalue weighted by Crippen LogP contribution is -2.55. The second-order valence-corrected chi connectivity index (χ2v) is 6.20. The van der Waals surface area contributed by atoms with E-state index < -0.39 is 11.5 Å². The first-order valence-corrected chi connectivity index (χ1v) is 7.22. The van der Waals surface area contributed by atoms with Crippen molar-refractivity contribution in [1.29, 1.82) is 0 Å². The molecule has 1 aliphatic carbocycles. The van der Waals surface area contributed by atoms with Crippen LogP contribution in [0.3, 0.4) is 0 Å². The van der Waals surface area contributed by atoms with Gasteiger partial charge in [0.25, 0.3) is 0 Å². The highest BCUT2D eigenvalue weighted by atomic mass is 16.4. The van der Waals surface area contributed by atoms with Gasteiger partial charge in [0.2, 0.25) is 0 Å². The van der Waals surface area contributed by atoms with Crippen molar-refractivity contribution in [3.63, 3.8) is 0 Å². The van der Waals surface area contributed by atoms with E-state index >= 15 is 0 Å². The van der Waals surface area contributed by atoms with Gasteiger partial charge in [-0.3, -0.25) is 0 Å². The summed E-state index contributed by atoms with van der Waals surface area (Å²) in [5, 5.41) is 12.3. The number of carbonyl (C=O) groups excluding carboxylic acids is 1. The Morgan fingerprint density at radius 3 is 2.42 bits per heavy atom. The molecule has 1 heterocycles. The van der Waals surface area contributed by atoms with Crippen LogP contribution in [0, 0.1) is 5.41 Å². The molecule has 1 saturated heterocycles. The maximum Gasteiger partial charge on any atom is 0.329 e. The van der Waals surface area contributed by atoms with Crippen molar-refractivity contribution in [2.75, 3.05) is 13.1 Å². The highest BCUT2D eigenvalue weighted by Gasteiger charge is 2.46. The van der Waals surface area contributed by atoms with Crippen LogP contribution in [-0.4, -0.2) is 40.6 Å². The molecule has 0 aromatic heterocycles. The minimum absolute atomic E-state index is 0.220. The van der Waals surface area contributed by atoms with Crippen LogP contribution >= 0.6 is 0 Å². The SMILES string of the molecule is CCC1(CNC(=O)N2CCCC2(C)C(=O)O)CCC1. The zero-order valence-corrected chi connectivity index (χ0v) is 11.9. The van der Waals surface area contributed by atoms with Gasteiger partial charge in [-0.2, -0.15) is 0 Å². The number of carboxylic acids is 1. The van der Waals surface area contributed by atoms with Crippen molar-refractivity contribution < 1.29 is 14.7 Å². The summed E-state index contributed by atoms with van der Waals surface area (Å²) in [6.45, 7) is 5.01. The Morgan fingerprint density at radius 1 is 1.26 bits per heavy atom.